The van der Waals surface area contributed by atoms with Gasteiger partial charge in [-0.05, 0) is 23.7 Å². The lowest BCUT2D eigenvalue weighted by Crippen LogP contribution is -2.65. The third-order valence-corrected chi connectivity index (χ3v) is 19.8. The third-order valence-electron chi connectivity index (χ3n) is 19.8. The zero-order chi connectivity index (χ0) is 70.9. The zero-order valence-electron chi connectivity index (χ0n) is 58.7. The Labute approximate surface area is 561 Å². The summed E-state index contributed by atoms with van der Waals surface area (Å²) in [5, 5.41) is 11.5. The van der Waals surface area contributed by atoms with E-state index in [0.29, 0.717) is 6.61 Å². The first-order valence-electron chi connectivity index (χ1n) is 33.5. The molecule has 0 aromatic heterocycles. The van der Waals surface area contributed by atoms with E-state index >= 15 is 0 Å². The molecule has 96 heavy (non-hydrogen) atoms. The van der Waals surface area contributed by atoms with Crippen molar-refractivity contribution in [2.45, 2.75) is 261 Å². The summed E-state index contributed by atoms with van der Waals surface area (Å²) in [6.07, 6.45) is -25.5. The van der Waals surface area contributed by atoms with Gasteiger partial charge in [0.25, 0.3) is 0 Å². The molecule has 7 rings (SSSR count). The van der Waals surface area contributed by atoms with E-state index in [-0.39, 0.29) is 67.9 Å². The van der Waals surface area contributed by atoms with E-state index in [9.17, 15) is 43.5 Å². The number of carbonyl (C=O) groups excluding carboxylic acids is 8. The number of aliphatic hydroxyl groups excluding tert-OH is 1. The molecule has 7 saturated heterocycles. The average molecular weight is 1380 g/mol. The standard InChI is InChI=1S/C66H104O30/c1-27-20-77-61(54(30(27)4)83-39(13)68)80-23-46-33(7)34(8)57(86-42(16)71)64(90-46)95-52-36(10)59(88-44(18)73)66(93-48(52)25-81-62-55(84-40(14)69)31(5)28(2)21-78-62)96-53-37(11)58(87-43(17)72)65(92-49(53)26-82-63-56(85-41(15)70)32(6)29(3)22-79-63)94-51-35(9)50(75)60(89-45(19)74)91-47(51)24-76-38(12)67/h27-37,46-66,75H,20-26H2,1-19H3/t27-,28-,29-,30+,31?,32+,33+,34+,35-,36+,37+,46?,47?,48?,49?,50?,51+,52+,53+,54?,55?,56?,57?,58?,59?,60-,61-,62-,63-,64+,65+,66+/m1/s1. The molecule has 1 N–H and O–H groups in total. The molecule has 548 valence electrons. The van der Waals surface area contributed by atoms with Crippen LogP contribution in [-0.2, 0) is 138 Å². The molecule has 7 heterocycles. The lowest BCUT2D eigenvalue weighted by atomic mass is 9.83. The van der Waals surface area contributed by atoms with Gasteiger partial charge in [0.15, 0.2) is 74.4 Å². The normalized spacial score (nSPS) is 42.7. The number of hydrogen-bond donors (Lipinski definition) is 1. The quantitative estimate of drug-likeness (QED) is 0.104. The van der Waals surface area contributed by atoms with Crippen molar-refractivity contribution in [2.24, 2.45) is 65.1 Å². The van der Waals surface area contributed by atoms with Crippen LogP contribution < -0.4 is 0 Å². The lowest BCUT2D eigenvalue weighted by molar-refractivity contribution is -0.382. The molecule has 7 aliphatic rings. The fourth-order valence-electron chi connectivity index (χ4n) is 13.4. The van der Waals surface area contributed by atoms with Crippen molar-refractivity contribution in [3.8, 4) is 0 Å². The van der Waals surface area contributed by atoms with Crippen LogP contribution in [0.3, 0.4) is 0 Å². The molecular formula is C66H104O30. The van der Waals surface area contributed by atoms with Crippen LogP contribution in [0.4, 0.5) is 0 Å². The summed E-state index contributed by atoms with van der Waals surface area (Å²) in [5.74, 6) is -9.77. The summed E-state index contributed by atoms with van der Waals surface area (Å²) in [6, 6.07) is 0. The smallest absolute Gasteiger partial charge is 0.305 e. The van der Waals surface area contributed by atoms with Gasteiger partial charge < -0.3 is 105 Å². The summed E-state index contributed by atoms with van der Waals surface area (Å²) in [5.41, 5.74) is 0. The van der Waals surface area contributed by atoms with Gasteiger partial charge in [-0.25, -0.2) is 0 Å². The summed E-state index contributed by atoms with van der Waals surface area (Å²) in [7, 11) is 0. The van der Waals surface area contributed by atoms with Crippen LogP contribution in [0.25, 0.3) is 0 Å². The predicted molar refractivity (Wildman–Crippen MR) is 325 cm³/mol. The SMILES string of the molecule is CC(=O)OCC1O[C@@H](OC(C)=O)C(O)[C@@H](C)[C@@H]1O[C@@H]1OC(CO[C@H]2OC[C@@H](C)[C@H](C)C2OC(C)=O)[C@@H](O[C@@H]2OC(CO[C@H]3OC[C@@H](C)C(C)C3OC(C)=O)[C@@H](O[C@@H]3OC(CO[C@H]4OC[C@@H](C)[C@H](C)C4OC(C)=O)[C@@H](C)[C@H](C)C3OC(C)=O)[C@H](C)C2OC(C)=O)[C@H](C)C1OC(C)=O. The highest BCUT2D eigenvalue weighted by atomic mass is 16.8. The first-order valence-corrected chi connectivity index (χ1v) is 33.5. The molecule has 0 radical (unpaired) electrons. The summed E-state index contributed by atoms with van der Waals surface area (Å²) in [6.45, 7) is 29.6. The highest BCUT2D eigenvalue weighted by Crippen LogP contribution is 2.43. The Balaban J connectivity index is 1.29. The molecule has 7 fully saturated rings. The lowest BCUT2D eigenvalue weighted by Gasteiger charge is -2.51. The first kappa shape index (κ1) is 78.5. The second-order valence-electron chi connectivity index (χ2n) is 27.2. The Morgan fingerprint density at radius 1 is 0.292 bits per heavy atom. The monoisotopic (exact) mass is 1380 g/mol. The molecule has 0 aromatic rings. The summed E-state index contributed by atoms with van der Waals surface area (Å²) >= 11 is 0. The Kier molecular flexibility index (Phi) is 28.6. The Bertz CT molecular complexity index is 2610. The highest BCUT2D eigenvalue weighted by molar-refractivity contribution is 5.68. The Hall–Kier alpha value is -4.80. The van der Waals surface area contributed by atoms with Crippen molar-refractivity contribution in [1.82, 2.24) is 0 Å². The van der Waals surface area contributed by atoms with E-state index in [2.05, 4.69) is 0 Å². The number of aliphatic hydroxyl groups is 1. The minimum atomic E-state index is -1.60. The van der Waals surface area contributed by atoms with E-state index in [4.69, 9.17) is 99.5 Å². The molecule has 0 aromatic carbocycles. The molecule has 30 nitrogen and oxygen atoms in total. The second-order valence-corrected chi connectivity index (χ2v) is 27.2. The van der Waals surface area contributed by atoms with Crippen LogP contribution >= 0.6 is 0 Å². The van der Waals surface area contributed by atoms with Crippen LogP contribution in [0.2, 0.25) is 0 Å². The average Bonchev–Trinajstić information content (AvgIpc) is 0.772. The van der Waals surface area contributed by atoms with Crippen molar-refractivity contribution in [2.75, 3.05) is 46.2 Å². The molecule has 32 atom stereocenters. The van der Waals surface area contributed by atoms with E-state index in [0.717, 1.165) is 6.92 Å². The fourth-order valence-corrected chi connectivity index (χ4v) is 13.4. The van der Waals surface area contributed by atoms with Gasteiger partial charge in [0.2, 0.25) is 6.29 Å². The minimum absolute atomic E-state index is 0.0456. The van der Waals surface area contributed by atoms with Gasteiger partial charge in [0, 0.05) is 96.8 Å². The van der Waals surface area contributed by atoms with Gasteiger partial charge in [-0.3, -0.25) is 38.4 Å². The van der Waals surface area contributed by atoms with Crippen LogP contribution in [0, 0.1) is 65.1 Å². The van der Waals surface area contributed by atoms with Gasteiger partial charge in [0.1, 0.15) is 31.0 Å². The van der Waals surface area contributed by atoms with Gasteiger partial charge in [-0.1, -0.05) is 76.2 Å². The zero-order valence-corrected chi connectivity index (χ0v) is 58.7. The maximum absolute atomic E-state index is 13.6. The molecule has 0 spiro atoms. The number of esters is 8. The second kappa shape index (κ2) is 35.0. The molecule has 30 heteroatoms. The summed E-state index contributed by atoms with van der Waals surface area (Å²) < 4.78 is 132. The molecule has 12 unspecified atom stereocenters. The Morgan fingerprint density at radius 3 is 0.885 bits per heavy atom. The molecular weight excluding hydrogens is 1270 g/mol. The molecule has 0 bridgehead atoms. The molecule has 0 amide bonds. The Morgan fingerprint density at radius 2 is 0.562 bits per heavy atom. The first-order chi connectivity index (χ1) is 45.1. The van der Waals surface area contributed by atoms with Gasteiger partial charge in [-0.15, -0.1) is 0 Å². The van der Waals surface area contributed by atoms with Crippen LogP contribution in [0.5, 0.6) is 0 Å². The number of ether oxygens (including phenoxy) is 21. The van der Waals surface area contributed by atoms with E-state index in [1.165, 1.54) is 48.5 Å². The van der Waals surface area contributed by atoms with Crippen molar-refractivity contribution in [1.29, 1.82) is 0 Å². The molecule has 0 saturated carbocycles. The molecule has 7 aliphatic heterocycles. The van der Waals surface area contributed by atoms with Crippen LogP contribution in [-0.4, -0.2) is 229 Å². The topological polar surface area (TPSA) is 351 Å². The maximum atomic E-state index is 13.6. The maximum Gasteiger partial charge on any atom is 0.305 e. The van der Waals surface area contributed by atoms with Gasteiger partial charge in [0.05, 0.1) is 64.1 Å². The highest BCUT2D eigenvalue weighted by Gasteiger charge is 2.58. The number of hydrogen-bond acceptors (Lipinski definition) is 30. The largest absolute Gasteiger partial charge is 0.463 e. The van der Waals surface area contributed by atoms with E-state index < -0.39 is 214 Å². The van der Waals surface area contributed by atoms with E-state index in [1.807, 2.05) is 55.4 Å². The number of carbonyl (C=O) groups is 8. The third kappa shape index (κ3) is 20.0. The van der Waals surface area contributed by atoms with Crippen molar-refractivity contribution >= 4 is 47.8 Å². The minimum Gasteiger partial charge on any atom is -0.463 e. The summed E-state index contributed by atoms with van der Waals surface area (Å²) in [4.78, 5) is 102. The van der Waals surface area contributed by atoms with Gasteiger partial charge in [-0.2, -0.15) is 0 Å². The predicted octanol–water partition coefficient (Wildman–Crippen LogP) is 4.23. The van der Waals surface area contributed by atoms with E-state index in [1.54, 1.807) is 20.8 Å². The van der Waals surface area contributed by atoms with Crippen LogP contribution in [0.1, 0.15) is 132 Å². The van der Waals surface area contributed by atoms with Crippen molar-refractivity contribution < 1.29 is 143 Å². The number of rotatable bonds is 24. The van der Waals surface area contributed by atoms with Crippen molar-refractivity contribution in [3.05, 3.63) is 0 Å². The molecule has 0 aliphatic carbocycles. The van der Waals surface area contributed by atoms with Gasteiger partial charge >= 0.3 is 47.8 Å². The van der Waals surface area contributed by atoms with Crippen LogP contribution in [0.15, 0.2) is 0 Å². The van der Waals surface area contributed by atoms with Crippen molar-refractivity contribution in [3.63, 3.8) is 0 Å². The fraction of sp³-hybridized carbons (Fsp3) is 0.879.